The highest BCUT2D eigenvalue weighted by Crippen LogP contribution is 2.16. The van der Waals surface area contributed by atoms with E-state index in [9.17, 15) is 9.59 Å². The van der Waals surface area contributed by atoms with Gasteiger partial charge in [0, 0.05) is 37.7 Å². The molecule has 7 nitrogen and oxygen atoms in total. The molecule has 1 aromatic heterocycles. The second-order valence-electron chi connectivity index (χ2n) is 7.05. The molecule has 0 radical (unpaired) electrons. The molecule has 1 saturated heterocycles. The van der Waals surface area contributed by atoms with Crippen LogP contribution in [0.5, 0.6) is 0 Å². The molecule has 1 aliphatic rings. The topological polar surface area (TPSA) is 87.2 Å². The second-order valence-corrected chi connectivity index (χ2v) is 8.11. The van der Waals surface area contributed by atoms with E-state index in [2.05, 4.69) is 32.7 Å². The number of para-hydroxylation sites is 1. The van der Waals surface area contributed by atoms with Crippen LogP contribution < -0.4 is 10.6 Å². The summed E-state index contributed by atoms with van der Waals surface area (Å²) in [5, 5.41) is 14.7. The van der Waals surface area contributed by atoms with Crippen LogP contribution in [0.25, 0.3) is 0 Å². The fourth-order valence-corrected chi connectivity index (χ4v) is 4.02. The quantitative estimate of drug-likeness (QED) is 0.710. The summed E-state index contributed by atoms with van der Waals surface area (Å²) >= 11 is 1.23. The zero-order valence-corrected chi connectivity index (χ0v) is 17.0. The van der Waals surface area contributed by atoms with Crippen molar-refractivity contribution in [1.82, 2.24) is 20.4 Å². The molecular weight excluding hydrogens is 374 g/mol. The van der Waals surface area contributed by atoms with Gasteiger partial charge in [0.15, 0.2) is 0 Å². The van der Waals surface area contributed by atoms with Gasteiger partial charge in [-0.1, -0.05) is 36.0 Å². The van der Waals surface area contributed by atoms with Crippen LogP contribution in [0, 0.1) is 0 Å². The number of amides is 2. The molecule has 2 amide bonds. The van der Waals surface area contributed by atoms with Crippen molar-refractivity contribution >= 4 is 28.8 Å². The minimum atomic E-state index is -0.282. The third-order valence-corrected chi connectivity index (χ3v) is 5.90. The Morgan fingerprint density at radius 3 is 2.82 bits per heavy atom. The van der Waals surface area contributed by atoms with Crippen LogP contribution in [-0.2, 0) is 11.2 Å². The molecule has 1 aliphatic heterocycles. The van der Waals surface area contributed by atoms with Crippen LogP contribution in [-0.4, -0.2) is 52.6 Å². The first kappa shape index (κ1) is 20.4. The Morgan fingerprint density at radius 1 is 1.21 bits per heavy atom. The summed E-state index contributed by atoms with van der Waals surface area (Å²) in [6.07, 6.45) is 4.63. The number of carbonyl (C=O) groups is 2. The summed E-state index contributed by atoms with van der Waals surface area (Å²) in [4.78, 5) is 26.7. The molecule has 1 atom stereocenters. The number of hydrogen-bond donors (Lipinski definition) is 2. The van der Waals surface area contributed by atoms with Crippen molar-refractivity contribution in [3.8, 4) is 0 Å². The average molecular weight is 402 g/mol. The molecule has 0 saturated carbocycles. The van der Waals surface area contributed by atoms with Crippen LogP contribution in [0.15, 0.2) is 30.3 Å². The number of piperidine rings is 1. The van der Waals surface area contributed by atoms with Crippen molar-refractivity contribution in [3.05, 3.63) is 40.3 Å². The number of hydrogen-bond acceptors (Lipinski definition) is 6. The van der Waals surface area contributed by atoms with Gasteiger partial charge in [-0.2, -0.15) is 0 Å². The van der Waals surface area contributed by atoms with Crippen molar-refractivity contribution in [2.75, 3.05) is 25.0 Å². The molecule has 0 spiro atoms. The zero-order valence-electron chi connectivity index (χ0n) is 16.2. The van der Waals surface area contributed by atoms with Crippen LogP contribution in [0.1, 0.15) is 47.4 Å². The fraction of sp³-hybridized carbons (Fsp3) is 0.500. The molecule has 0 bridgehead atoms. The highest BCUT2D eigenvalue weighted by atomic mass is 32.1. The smallest absolute Gasteiger partial charge is 0.286 e. The maximum Gasteiger partial charge on any atom is 0.286 e. The van der Waals surface area contributed by atoms with Gasteiger partial charge >= 0.3 is 0 Å². The first-order chi connectivity index (χ1) is 13.6. The number of nitrogens with one attached hydrogen (secondary N) is 2. The fourth-order valence-electron chi connectivity index (χ4n) is 3.29. The molecule has 0 aliphatic carbocycles. The lowest BCUT2D eigenvalue weighted by molar-refractivity contribution is -0.121. The van der Waals surface area contributed by atoms with Crippen molar-refractivity contribution in [3.63, 3.8) is 0 Å². The Balaban J connectivity index is 1.37. The largest absolute Gasteiger partial charge is 0.355 e. The first-order valence-electron chi connectivity index (χ1n) is 9.81. The van der Waals surface area contributed by atoms with Gasteiger partial charge in [-0.3, -0.25) is 14.5 Å². The molecule has 2 heterocycles. The van der Waals surface area contributed by atoms with E-state index in [0.29, 0.717) is 41.1 Å². The summed E-state index contributed by atoms with van der Waals surface area (Å²) < 4.78 is 0. The summed E-state index contributed by atoms with van der Waals surface area (Å²) in [5.74, 6) is -0.273. The van der Waals surface area contributed by atoms with E-state index in [1.54, 1.807) is 0 Å². The van der Waals surface area contributed by atoms with E-state index >= 15 is 0 Å². The second kappa shape index (κ2) is 10.3. The van der Waals surface area contributed by atoms with Crippen molar-refractivity contribution in [2.24, 2.45) is 0 Å². The lowest BCUT2D eigenvalue weighted by Crippen LogP contribution is -2.42. The van der Waals surface area contributed by atoms with Gasteiger partial charge in [0.05, 0.1) is 0 Å². The highest BCUT2D eigenvalue weighted by Gasteiger charge is 2.18. The molecule has 2 aromatic rings. The Hall–Kier alpha value is -2.32. The van der Waals surface area contributed by atoms with Gasteiger partial charge in [-0.05, 0) is 38.4 Å². The average Bonchev–Trinajstić information content (AvgIpc) is 3.18. The summed E-state index contributed by atoms with van der Waals surface area (Å²) in [6, 6.07) is 9.82. The van der Waals surface area contributed by atoms with E-state index in [4.69, 9.17) is 0 Å². The van der Waals surface area contributed by atoms with E-state index in [1.807, 2.05) is 30.3 Å². The third kappa shape index (κ3) is 6.10. The maximum absolute atomic E-state index is 12.2. The molecule has 1 aromatic carbocycles. The number of aryl methyl sites for hydroxylation is 1. The SMILES string of the molecule is C[C@H]1CCCCN1CCNC(=O)CCc1nnc(C(=O)Nc2ccccc2)s1. The normalized spacial score (nSPS) is 17.2. The van der Waals surface area contributed by atoms with E-state index < -0.39 is 0 Å². The maximum atomic E-state index is 12.2. The van der Waals surface area contributed by atoms with Gasteiger partial charge in [0.2, 0.25) is 10.9 Å². The Morgan fingerprint density at radius 2 is 2.04 bits per heavy atom. The number of nitrogens with zero attached hydrogens (tertiary/aromatic N) is 3. The lowest BCUT2D eigenvalue weighted by Gasteiger charge is -2.33. The number of likely N-dealkylation sites (tertiary alicyclic amines) is 1. The molecular formula is C20H27N5O2S. The molecule has 0 unspecified atom stereocenters. The standard InChI is InChI=1S/C20H27N5O2S/c1-15-7-5-6-13-25(15)14-12-21-17(26)10-11-18-23-24-20(28-18)19(27)22-16-8-3-2-4-9-16/h2-4,8-9,15H,5-7,10-14H2,1H3,(H,21,26)(H,22,27)/t15-/m0/s1. The predicted molar refractivity (Wildman–Crippen MR) is 111 cm³/mol. The van der Waals surface area contributed by atoms with E-state index in [0.717, 1.165) is 13.1 Å². The first-order valence-corrected chi connectivity index (χ1v) is 10.6. The lowest BCUT2D eigenvalue weighted by atomic mass is 10.0. The Labute approximate surface area is 169 Å². The van der Waals surface area contributed by atoms with Gasteiger partial charge in [0.1, 0.15) is 5.01 Å². The summed E-state index contributed by atoms with van der Waals surface area (Å²) in [7, 11) is 0. The molecule has 3 rings (SSSR count). The van der Waals surface area contributed by atoms with Crippen LogP contribution >= 0.6 is 11.3 Å². The predicted octanol–water partition coefficient (Wildman–Crippen LogP) is 2.71. The van der Waals surface area contributed by atoms with Gasteiger partial charge in [-0.15, -0.1) is 10.2 Å². The molecule has 150 valence electrons. The Bertz CT molecular complexity index is 780. The molecule has 1 fully saturated rings. The van der Waals surface area contributed by atoms with Gasteiger partial charge in [-0.25, -0.2) is 0 Å². The minimum Gasteiger partial charge on any atom is -0.355 e. The van der Waals surface area contributed by atoms with E-state index in [-0.39, 0.29) is 11.8 Å². The molecule has 2 N–H and O–H groups in total. The number of benzene rings is 1. The third-order valence-electron chi connectivity index (χ3n) is 4.92. The number of rotatable bonds is 8. The van der Waals surface area contributed by atoms with Gasteiger partial charge < -0.3 is 10.6 Å². The van der Waals surface area contributed by atoms with Crippen LogP contribution in [0.3, 0.4) is 0 Å². The van der Waals surface area contributed by atoms with Crippen molar-refractivity contribution in [2.45, 2.75) is 45.1 Å². The van der Waals surface area contributed by atoms with Crippen LogP contribution in [0.2, 0.25) is 0 Å². The zero-order chi connectivity index (χ0) is 19.8. The number of aromatic nitrogens is 2. The van der Waals surface area contributed by atoms with Crippen LogP contribution in [0.4, 0.5) is 5.69 Å². The molecule has 28 heavy (non-hydrogen) atoms. The summed E-state index contributed by atoms with van der Waals surface area (Å²) in [6.45, 7) is 4.94. The van der Waals surface area contributed by atoms with E-state index in [1.165, 1.54) is 30.6 Å². The number of anilines is 1. The van der Waals surface area contributed by atoms with Crippen molar-refractivity contribution < 1.29 is 9.59 Å². The minimum absolute atomic E-state index is 0.00940. The molecule has 8 heteroatoms. The number of carbonyl (C=O) groups excluding carboxylic acids is 2. The van der Waals surface area contributed by atoms with Gasteiger partial charge in [0.25, 0.3) is 5.91 Å². The monoisotopic (exact) mass is 401 g/mol. The summed E-state index contributed by atoms with van der Waals surface area (Å²) in [5.41, 5.74) is 0.714. The van der Waals surface area contributed by atoms with Crippen molar-refractivity contribution in [1.29, 1.82) is 0 Å². The Kier molecular flexibility index (Phi) is 7.50. The highest BCUT2D eigenvalue weighted by molar-refractivity contribution is 7.13.